The molecule has 0 aliphatic carbocycles. The van der Waals surface area contributed by atoms with Crippen LogP contribution in [0.3, 0.4) is 0 Å². The summed E-state index contributed by atoms with van der Waals surface area (Å²) in [6, 6.07) is 8.69. The third-order valence-electron chi connectivity index (χ3n) is 5.11. The zero-order valence-electron chi connectivity index (χ0n) is 19.4. The van der Waals surface area contributed by atoms with E-state index in [1.165, 1.54) is 12.3 Å². The molecule has 0 atom stereocenters. The molecule has 10 heteroatoms. The number of aryl methyl sites for hydroxylation is 2. The van der Waals surface area contributed by atoms with E-state index in [2.05, 4.69) is 26.2 Å². The number of hydrogen-bond acceptors (Lipinski definition) is 6. The fourth-order valence-corrected chi connectivity index (χ4v) is 5.30. The van der Waals surface area contributed by atoms with Crippen molar-refractivity contribution in [2.24, 2.45) is 0 Å². The Morgan fingerprint density at radius 3 is 2.58 bits per heavy atom. The van der Waals surface area contributed by atoms with Crippen LogP contribution in [0.1, 0.15) is 55.3 Å². The molecule has 1 aromatic carbocycles. The number of carbonyl (C=O) groups is 1. The SMILES string of the molecule is Cc1nc2c(C#N)cnn2c(C)c1CCC(=O)NCc1ccccc1S(=O)(=O)NC(C)(C)C. The third-order valence-corrected chi connectivity index (χ3v) is 6.97. The summed E-state index contributed by atoms with van der Waals surface area (Å²) in [4.78, 5) is 17.2. The van der Waals surface area contributed by atoms with Crippen molar-refractivity contribution < 1.29 is 13.2 Å². The van der Waals surface area contributed by atoms with Crippen LogP contribution in [0.5, 0.6) is 0 Å². The highest BCUT2D eigenvalue weighted by atomic mass is 32.2. The molecule has 0 saturated carbocycles. The third kappa shape index (κ3) is 5.56. The normalized spacial score (nSPS) is 12.0. The molecule has 9 nitrogen and oxygen atoms in total. The van der Waals surface area contributed by atoms with Gasteiger partial charge in [-0.3, -0.25) is 4.79 Å². The fraction of sp³-hybridized carbons (Fsp3) is 0.391. The van der Waals surface area contributed by atoms with Gasteiger partial charge in [0.05, 0.1) is 11.1 Å². The standard InChI is InChI=1S/C23H28N6O3S/c1-15-19(16(2)29-22(27-15)18(12-24)14-26-29)10-11-21(30)25-13-17-8-6-7-9-20(17)33(31,32)28-23(3,4)5/h6-9,14,28H,10-11,13H2,1-5H3,(H,25,30). The van der Waals surface area contributed by atoms with E-state index in [-0.39, 0.29) is 23.8 Å². The monoisotopic (exact) mass is 468 g/mol. The van der Waals surface area contributed by atoms with Gasteiger partial charge in [0.2, 0.25) is 15.9 Å². The van der Waals surface area contributed by atoms with E-state index in [1.54, 1.807) is 43.5 Å². The molecule has 0 bridgehead atoms. The number of nitriles is 1. The zero-order chi connectivity index (χ0) is 24.4. The lowest BCUT2D eigenvalue weighted by atomic mass is 10.1. The summed E-state index contributed by atoms with van der Waals surface area (Å²) in [6.07, 6.45) is 2.13. The second-order valence-electron chi connectivity index (χ2n) is 8.91. The van der Waals surface area contributed by atoms with E-state index in [9.17, 15) is 18.5 Å². The Morgan fingerprint density at radius 1 is 1.21 bits per heavy atom. The Bertz CT molecular complexity index is 1350. The van der Waals surface area contributed by atoms with Crippen molar-refractivity contribution in [1.29, 1.82) is 5.26 Å². The first-order valence-electron chi connectivity index (χ1n) is 10.6. The summed E-state index contributed by atoms with van der Waals surface area (Å²) in [7, 11) is -3.73. The van der Waals surface area contributed by atoms with Gasteiger partial charge in [0.1, 0.15) is 11.6 Å². The van der Waals surface area contributed by atoms with Gasteiger partial charge in [-0.1, -0.05) is 18.2 Å². The van der Waals surface area contributed by atoms with Crippen molar-refractivity contribution in [2.45, 2.75) is 64.4 Å². The highest BCUT2D eigenvalue weighted by Gasteiger charge is 2.24. The molecular weight excluding hydrogens is 440 g/mol. The molecule has 0 spiro atoms. The maximum absolute atomic E-state index is 12.8. The maximum atomic E-state index is 12.8. The van der Waals surface area contributed by atoms with Gasteiger partial charge in [0.15, 0.2) is 5.65 Å². The van der Waals surface area contributed by atoms with Crippen LogP contribution in [-0.2, 0) is 27.8 Å². The number of aromatic nitrogens is 3. The number of nitrogens with one attached hydrogen (secondary N) is 2. The molecule has 33 heavy (non-hydrogen) atoms. The fourth-order valence-electron chi connectivity index (χ4n) is 3.64. The minimum absolute atomic E-state index is 0.0972. The van der Waals surface area contributed by atoms with Gasteiger partial charge in [-0.2, -0.15) is 10.4 Å². The van der Waals surface area contributed by atoms with Crippen LogP contribution in [0.4, 0.5) is 0 Å². The predicted octanol–water partition coefficient (Wildman–Crippen LogP) is 2.54. The van der Waals surface area contributed by atoms with Crippen molar-refractivity contribution >= 4 is 21.6 Å². The molecule has 0 unspecified atom stereocenters. The Hall–Kier alpha value is -3.29. The van der Waals surface area contributed by atoms with Gasteiger partial charge in [-0.15, -0.1) is 0 Å². The summed E-state index contributed by atoms with van der Waals surface area (Å²) in [6.45, 7) is 9.14. The lowest BCUT2D eigenvalue weighted by Gasteiger charge is -2.21. The highest BCUT2D eigenvalue weighted by Crippen LogP contribution is 2.19. The molecular formula is C23H28N6O3S. The molecule has 2 heterocycles. The molecule has 3 rings (SSSR count). The van der Waals surface area contributed by atoms with Crippen molar-refractivity contribution in [2.75, 3.05) is 0 Å². The molecule has 0 radical (unpaired) electrons. The lowest BCUT2D eigenvalue weighted by molar-refractivity contribution is -0.121. The minimum Gasteiger partial charge on any atom is -0.352 e. The summed E-state index contributed by atoms with van der Waals surface area (Å²) in [5.74, 6) is -0.206. The number of carbonyl (C=O) groups excluding carboxylic acids is 1. The van der Waals surface area contributed by atoms with Crippen molar-refractivity contribution in [1.82, 2.24) is 24.6 Å². The van der Waals surface area contributed by atoms with Crippen molar-refractivity contribution in [3.63, 3.8) is 0 Å². The summed E-state index contributed by atoms with van der Waals surface area (Å²) < 4.78 is 29.8. The number of amides is 1. The van der Waals surface area contributed by atoms with Crippen LogP contribution in [0.2, 0.25) is 0 Å². The number of hydrogen-bond donors (Lipinski definition) is 2. The van der Waals surface area contributed by atoms with E-state index >= 15 is 0 Å². The van der Waals surface area contributed by atoms with Crippen molar-refractivity contribution in [3.05, 3.63) is 58.5 Å². The first kappa shape index (κ1) is 24.4. The molecule has 0 fully saturated rings. The van der Waals surface area contributed by atoms with Crippen LogP contribution in [-0.4, -0.2) is 34.5 Å². The van der Waals surface area contributed by atoms with E-state index in [4.69, 9.17) is 0 Å². The smallest absolute Gasteiger partial charge is 0.241 e. The van der Waals surface area contributed by atoms with Gasteiger partial charge in [-0.25, -0.2) is 22.6 Å². The number of sulfonamides is 1. The van der Waals surface area contributed by atoms with E-state index in [0.29, 0.717) is 23.2 Å². The van der Waals surface area contributed by atoms with Gasteiger partial charge < -0.3 is 5.32 Å². The van der Waals surface area contributed by atoms with Crippen LogP contribution >= 0.6 is 0 Å². The average Bonchev–Trinajstić information content (AvgIpc) is 3.13. The zero-order valence-corrected chi connectivity index (χ0v) is 20.2. The minimum atomic E-state index is -3.73. The number of nitrogens with zero attached hydrogens (tertiary/aromatic N) is 4. The Labute approximate surface area is 193 Å². The average molecular weight is 469 g/mol. The quantitative estimate of drug-likeness (QED) is 0.548. The van der Waals surface area contributed by atoms with Crippen LogP contribution in [0.15, 0.2) is 35.4 Å². The van der Waals surface area contributed by atoms with Crippen LogP contribution in [0, 0.1) is 25.2 Å². The predicted molar refractivity (Wildman–Crippen MR) is 124 cm³/mol. The summed E-state index contributed by atoms with van der Waals surface area (Å²) in [5.41, 5.74) is 3.26. The van der Waals surface area contributed by atoms with Crippen LogP contribution in [0.25, 0.3) is 5.65 Å². The Kier molecular flexibility index (Phi) is 6.86. The van der Waals surface area contributed by atoms with E-state index in [0.717, 1.165) is 17.0 Å². The second kappa shape index (κ2) is 9.29. The second-order valence-corrected chi connectivity index (χ2v) is 10.6. The number of fused-ring (bicyclic) bond motifs is 1. The largest absolute Gasteiger partial charge is 0.352 e. The van der Waals surface area contributed by atoms with E-state index in [1.807, 2.05) is 13.8 Å². The molecule has 3 aromatic rings. The first-order valence-corrected chi connectivity index (χ1v) is 12.0. The Balaban J connectivity index is 1.70. The summed E-state index contributed by atoms with van der Waals surface area (Å²) >= 11 is 0. The first-order chi connectivity index (χ1) is 15.4. The molecule has 174 valence electrons. The molecule has 2 N–H and O–H groups in total. The van der Waals surface area contributed by atoms with E-state index < -0.39 is 15.6 Å². The number of rotatable bonds is 7. The van der Waals surface area contributed by atoms with Crippen molar-refractivity contribution in [3.8, 4) is 6.07 Å². The topological polar surface area (TPSA) is 129 Å². The lowest BCUT2D eigenvalue weighted by Crippen LogP contribution is -2.41. The van der Waals surface area contributed by atoms with Gasteiger partial charge in [-0.05, 0) is 58.2 Å². The summed E-state index contributed by atoms with van der Waals surface area (Å²) in [5, 5.41) is 16.2. The molecule has 0 saturated heterocycles. The molecule has 1 amide bonds. The highest BCUT2D eigenvalue weighted by molar-refractivity contribution is 7.89. The molecule has 2 aromatic heterocycles. The van der Waals surface area contributed by atoms with Gasteiger partial charge in [0, 0.05) is 29.9 Å². The molecule has 0 aliphatic heterocycles. The molecule has 0 aliphatic rings. The van der Waals surface area contributed by atoms with Gasteiger partial charge >= 0.3 is 0 Å². The number of benzene rings is 1. The van der Waals surface area contributed by atoms with Gasteiger partial charge in [0.25, 0.3) is 0 Å². The van der Waals surface area contributed by atoms with Crippen LogP contribution < -0.4 is 10.0 Å². The Morgan fingerprint density at radius 2 is 1.91 bits per heavy atom. The maximum Gasteiger partial charge on any atom is 0.241 e.